The minimum absolute atomic E-state index is 0.00799. The van der Waals surface area contributed by atoms with E-state index in [2.05, 4.69) is 17.6 Å². The fourth-order valence-electron chi connectivity index (χ4n) is 2.28. The summed E-state index contributed by atoms with van der Waals surface area (Å²) < 4.78 is 5.34. The minimum Gasteiger partial charge on any atom is -0.382 e. The topological polar surface area (TPSA) is 63.2 Å². The molecule has 1 heterocycles. The second-order valence-electron chi connectivity index (χ2n) is 7.18. The average molecular weight is 376 g/mol. The number of ether oxygens (including phenoxy) is 1. The average Bonchev–Trinajstić information content (AvgIpc) is 2.95. The van der Waals surface area contributed by atoms with Crippen molar-refractivity contribution in [1.29, 1.82) is 0 Å². The van der Waals surface area contributed by atoms with E-state index in [0.29, 0.717) is 0 Å². The Balaban J connectivity index is 1.99. The van der Waals surface area contributed by atoms with Crippen molar-refractivity contribution >= 4 is 28.1 Å². The van der Waals surface area contributed by atoms with E-state index >= 15 is 0 Å². The minimum atomic E-state index is -0.410. The zero-order chi connectivity index (χ0) is 19.2. The highest BCUT2D eigenvalue weighted by molar-refractivity contribution is 7.16. The fourth-order valence-corrected chi connectivity index (χ4v) is 3.15. The van der Waals surface area contributed by atoms with Crippen molar-refractivity contribution in [3.8, 4) is 11.3 Å². The zero-order valence-corrected chi connectivity index (χ0v) is 17.1. The van der Waals surface area contributed by atoms with Gasteiger partial charge in [0.05, 0.1) is 5.69 Å². The first-order valence-corrected chi connectivity index (χ1v) is 9.84. The molecule has 6 heteroatoms. The van der Waals surface area contributed by atoms with E-state index in [1.807, 2.05) is 52.0 Å². The standard InChI is InChI=1S/C20H29N3O2S/c1-6-25-13-7-12-21-19-23-17(14(2)26-19)15-8-10-16(11-9-15)22-18(24)20(3,4)5/h8-11H,6-7,12-13H2,1-5H3,(H,21,23)(H,22,24). The predicted molar refractivity (Wildman–Crippen MR) is 110 cm³/mol. The van der Waals surface area contributed by atoms with Crippen LogP contribution < -0.4 is 10.6 Å². The number of hydrogen-bond donors (Lipinski definition) is 2. The first kappa shape index (κ1) is 20.4. The van der Waals surface area contributed by atoms with Crippen LogP contribution in [-0.4, -0.2) is 30.6 Å². The molecule has 2 aromatic rings. The van der Waals surface area contributed by atoms with Gasteiger partial charge in [-0.2, -0.15) is 0 Å². The quantitative estimate of drug-likeness (QED) is 0.641. The van der Waals surface area contributed by atoms with Crippen LogP contribution in [-0.2, 0) is 9.53 Å². The van der Waals surface area contributed by atoms with Gasteiger partial charge in [0.15, 0.2) is 5.13 Å². The largest absolute Gasteiger partial charge is 0.382 e. The summed E-state index contributed by atoms with van der Waals surface area (Å²) in [7, 11) is 0. The number of nitrogens with one attached hydrogen (secondary N) is 2. The number of aryl methyl sites for hydroxylation is 1. The van der Waals surface area contributed by atoms with Crippen LogP contribution in [0.3, 0.4) is 0 Å². The first-order chi connectivity index (χ1) is 12.3. The van der Waals surface area contributed by atoms with Crippen LogP contribution >= 0.6 is 11.3 Å². The Kier molecular flexibility index (Phi) is 7.17. The smallest absolute Gasteiger partial charge is 0.229 e. The molecule has 0 unspecified atom stereocenters. The van der Waals surface area contributed by atoms with Crippen LogP contribution in [0.25, 0.3) is 11.3 Å². The second-order valence-corrected chi connectivity index (χ2v) is 8.39. The van der Waals surface area contributed by atoms with Crippen molar-refractivity contribution in [3.63, 3.8) is 0 Å². The number of anilines is 2. The number of nitrogens with zero attached hydrogens (tertiary/aromatic N) is 1. The van der Waals surface area contributed by atoms with E-state index in [-0.39, 0.29) is 5.91 Å². The summed E-state index contributed by atoms with van der Waals surface area (Å²) in [6, 6.07) is 7.85. The molecule has 0 radical (unpaired) electrons. The summed E-state index contributed by atoms with van der Waals surface area (Å²) in [4.78, 5) is 18.0. The Hall–Kier alpha value is -1.92. The van der Waals surface area contributed by atoms with Crippen LogP contribution in [0.1, 0.15) is 39.0 Å². The highest BCUT2D eigenvalue weighted by atomic mass is 32.1. The van der Waals surface area contributed by atoms with Crippen LogP contribution in [0.2, 0.25) is 0 Å². The number of hydrogen-bond acceptors (Lipinski definition) is 5. The van der Waals surface area contributed by atoms with E-state index in [0.717, 1.165) is 48.3 Å². The maximum absolute atomic E-state index is 12.1. The molecule has 0 atom stereocenters. The molecular weight excluding hydrogens is 346 g/mol. The molecule has 0 spiro atoms. The zero-order valence-electron chi connectivity index (χ0n) is 16.3. The number of thiazole rings is 1. The number of carbonyl (C=O) groups is 1. The van der Waals surface area contributed by atoms with Crippen molar-refractivity contribution in [1.82, 2.24) is 4.98 Å². The first-order valence-electron chi connectivity index (χ1n) is 9.02. The van der Waals surface area contributed by atoms with Crippen molar-refractivity contribution in [3.05, 3.63) is 29.1 Å². The lowest BCUT2D eigenvalue weighted by Crippen LogP contribution is -2.27. The molecule has 5 nitrogen and oxygen atoms in total. The summed E-state index contributed by atoms with van der Waals surface area (Å²) >= 11 is 1.66. The van der Waals surface area contributed by atoms with Crippen molar-refractivity contribution in [2.75, 3.05) is 30.4 Å². The summed E-state index contributed by atoms with van der Waals surface area (Å²) in [6.07, 6.45) is 0.962. The number of rotatable bonds is 8. The van der Waals surface area contributed by atoms with Crippen LogP contribution in [0, 0.1) is 12.3 Å². The molecule has 1 amide bonds. The molecule has 142 valence electrons. The Bertz CT molecular complexity index is 718. The van der Waals surface area contributed by atoms with Gasteiger partial charge in [-0.05, 0) is 32.4 Å². The Morgan fingerprint density at radius 1 is 1.23 bits per heavy atom. The van der Waals surface area contributed by atoms with Gasteiger partial charge < -0.3 is 15.4 Å². The SMILES string of the molecule is CCOCCCNc1nc(-c2ccc(NC(=O)C(C)(C)C)cc2)c(C)s1. The number of benzene rings is 1. The summed E-state index contributed by atoms with van der Waals surface area (Å²) in [5.41, 5.74) is 2.43. The van der Waals surface area contributed by atoms with E-state index in [1.54, 1.807) is 11.3 Å². The molecule has 0 aliphatic rings. The molecule has 1 aromatic heterocycles. The molecule has 26 heavy (non-hydrogen) atoms. The predicted octanol–water partition coefficient (Wildman–Crippen LogP) is 4.94. The summed E-state index contributed by atoms with van der Waals surface area (Å²) in [6.45, 7) is 12.2. The summed E-state index contributed by atoms with van der Waals surface area (Å²) in [5.74, 6) is 0.00799. The van der Waals surface area contributed by atoms with Crippen LogP contribution in [0.15, 0.2) is 24.3 Å². The number of amides is 1. The van der Waals surface area contributed by atoms with Gasteiger partial charge in [0, 0.05) is 41.3 Å². The van der Waals surface area contributed by atoms with E-state index in [4.69, 9.17) is 9.72 Å². The normalized spacial score (nSPS) is 11.4. The van der Waals surface area contributed by atoms with Gasteiger partial charge in [0.2, 0.25) is 5.91 Å². The lowest BCUT2D eigenvalue weighted by molar-refractivity contribution is -0.123. The highest BCUT2D eigenvalue weighted by Gasteiger charge is 2.21. The van der Waals surface area contributed by atoms with Gasteiger partial charge in [-0.15, -0.1) is 11.3 Å². The monoisotopic (exact) mass is 375 g/mol. The van der Waals surface area contributed by atoms with Gasteiger partial charge in [0.25, 0.3) is 0 Å². The Morgan fingerprint density at radius 2 is 1.92 bits per heavy atom. The third kappa shape index (κ3) is 5.81. The molecule has 2 N–H and O–H groups in total. The molecule has 0 saturated carbocycles. The van der Waals surface area contributed by atoms with E-state index in [1.165, 1.54) is 4.88 Å². The maximum Gasteiger partial charge on any atom is 0.229 e. The third-order valence-electron chi connectivity index (χ3n) is 3.84. The maximum atomic E-state index is 12.1. The van der Waals surface area contributed by atoms with Gasteiger partial charge in [-0.25, -0.2) is 4.98 Å². The molecule has 2 rings (SSSR count). The number of aromatic nitrogens is 1. The van der Waals surface area contributed by atoms with Gasteiger partial charge in [-0.1, -0.05) is 32.9 Å². The van der Waals surface area contributed by atoms with Crippen LogP contribution in [0.4, 0.5) is 10.8 Å². The molecule has 0 saturated heterocycles. The molecular formula is C20H29N3O2S. The molecule has 0 aliphatic heterocycles. The molecule has 0 fully saturated rings. The van der Waals surface area contributed by atoms with Crippen molar-refractivity contribution in [2.24, 2.45) is 5.41 Å². The van der Waals surface area contributed by atoms with E-state index in [9.17, 15) is 4.79 Å². The van der Waals surface area contributed by atoms with E-state index < -0.39 is 5.41 Å². The van der Waals surface area contributed by atoms with Crippen LogP contribution in [0.5, 0.6) is 0 Å². The molecule has 0 aliphatic carbocycles. The Morgan fingerprint density at radius 3 is 2.54 bits per heavy atom. The fraction of sp³-hybridized carbons (Fsp3) is 0.500. The lowest BCUT2D eigenvalue weighted by atomic mass is 9.95. The third-order valence-corrected chi connectivity index (χ3v) is 4.77. The van der Waals surface area contributed by atoms with Gasteiger partial charge >= 0.3 is 0 Å². The second kappa shape index (κ2) is 9.14. The van der Waals surface area contributed by atoms with Gasteiger partial charge in [0.1, 0.15) is 0 Å². The lowest BCUT2D eigenvalue weighted by Gasteiger charge is -2.17. The van der Waals surface area contributed by atoms with Crippen molar-refractivity contribution < 1.29 is 9.53 Å². The molecule has 0 bridgehead atoms. The summed E-state index contributed by atoms with van der Waals surface area (Å²) in [5, 5.41) is 7.23. The highest BCUT2D eigenvalue weighted by Crippen LogP contribution is 2.31. The Labute approximate surface area is 160 Å². The number of carbonyl (C=O) groups excluding carboxylic acids is 1. The van der Waals surface area contributed by atoms with Gasteiger partial charge in [-0.3, -0.25) is 4.79 Å². The molecule has 1 aromatic carbocycles. The van der Waals surface area contributed by atoms with Crippen molar-refractivity contribution in [2.45, 2.75) is 41.0 Å².